The van der Waals surface area contributed by atoms with Gasteiger partial charge in [0.2, 0.25) is 0 Å². The summed E-state index contributed by atoms with van der Waals surface area (Å²) >= 11 is 0. The van der Waals surface area contributed by atoms with Gasteiger partial charge < -0.3 is 9.84 Å². The van der Waals surface area contributed by atoms with Gasteiger partial charge in [0.05, 0.1) is 13.2 Å². The number of carbonyl (C=O) groups is 1. The number of esters is 1. The Morgan fingerprint density at radius 2 is 2.19 bits per heavy atom. The smallest absolute Gasteiger partial charge is 0.327 e. The Morgan fingerprint density at radius 3 is 2.81 bits per heavy atom. The summed E-state index contributed by atoms with van der Waals surface area (Å²) in [5.41, 5.74) is 0.329. The first kappa shape index (κ1) is 15.9. The highest BCUT2D eigenvalue weighted by Crippen LogP contribution is 2.30. The van der Waals surface area contributed by atoms with Crippen molar-refractivity contribution in [2.24, 2.45) is 5.92 Å². The quantitative estimate of drug-likeness (QED) is 0.865. The molecular formula is C16H22FNO3. The summed E-state index contributed by atoms with van der Waals surface area (Å²) in [6.45, 7) is 3.01. The van der Waals surface area contributed by atoms with Gasteiger partial charge in [0.1, 0.15) is 11.9 Å². The van der Waals surface area contributed by atoms with E-state index in [2.05, 4.69) is 0 Å². The summed E-state index contributed by atoms with van der Waals surface area (Å²) in [6, 6.07) is 5.52. The molecule has 1 N–H and O–H groups in total. The van der Waals surface area contributed by atoms with Crippen LogP contribution in [0.1, 0.15) is 31.4 Å². The van der Waals surface area contributed by atoms with Gasteiger partial charge >= 0.3 is 5.97 Å². The molecule has 1 heterocycles. The molecule has 0 radical (unpaired) electrons. The lowest BCUT2D eigenvalue weighted by molar-refractivity contribution is -0.148. The number of aliphatic hydroxyl groups is 1. The standard InChI is InChI=1S/C16H22FNO3/c1-11(19)12-6-5-9-18(10-12)15(16(20)21-2)13-7-3-4-8-14(13)17/h3-4,7-8,11-12,15,19H,5-6,9-10H2,1-2H3. The average molecular weight is 295 g/mol. The number of hydrogen-bond acceptors (Lipinski definition) is 4. The number of rotatable bonds is 4. The molecule has 1 saturated heterocycles. The van der Waals surface area contributed by atoms with E-state index in [9.17, 15) is 14.3 Å². The first-order valence-corrected chi connectivity index (χ1v) is 7.29. The zero-order valence-corrected chi connectivity index (χ0v) is 12.5. The molecule has 4 nitrogen and oxygen atoms in total. The van der Waals surface area contributed by atoms with Gasteiger partial charge in [-0.05, 0) is 38.3 Å². The third-order valence-electron chi connectivity index (χ3n) is 4.16. The molecular weight excluding hydrogens is 273 g/mol. The van der Waals surface area contributed by atoms with E-state index in [1.54, 1.807) is 25.1 Å². The van der Waals surface area contributed by atoms with Gasteiger partial charge in [-0.25, -0.2) is 9.18 Å². The maximum atomic E-state index is 14.1. The number of ether oxygens (including phenoxy) is 1. The van der Waals surface area contributed by atoms with Gasteiger partial charge in [-0.15, -0.1) is 0 Å². The van der Waals surface area contributed by atoms with Crippen LogP contribution in [0, 0.1) is 11.7 Å². The molecule has 1 aromatic rings. The molecule has 1 aliphatic rings. The molecule has 5 heteroatoms. The molecule has 0 aromatic heterocycles. The molecule has 3 unspecified atom stereocenters. The third kappa shape index (κ3) is 3.60. The largest absolute Gasteiger partial charge is 0.468 e. The number of likely N-dealkylation sites (tertiary alicyclic amines) is 1. The number of aliphatic hydroxyl groups excluding tert-OH is 1. The maximum Gasteiger partial charge on any atom is 0.327 e. The van der Waals surface area contributed by atoms with Crippen molar-refractivity contribution in [3.8, 4) is 0 Å². The van der Waals surface area contributed by atoms with Crippen LogP contribution in [0.5, 0.6) is 0 Å². The van der Waals surface area contributed by atoms with E-state index >= 15 is 0 Å². The number of halogens is 1. The fraction of sp³-hybridized carbons (Fsp3) is 0.562. The first-order chi connectivity index (χ1) is 10.0. The minimum atomic E-state index is -0.752. The van der Waals surface area contributed by atoms with Gasteiger partial charge in [-0.3, -0.25) is 4.90 Å². The van der Waals surface area contributed by atoms with Gasteiger partial charge in [0, 0.05) is 12.1 Å². The van der Waals surface area contributed by atoms with E-state index in [1.165, 1.54) is 13.2 Å². The summed E-state index contributed by atoms with van der Waals surface area (Å²) in [5.74, 6) is -0.781. The molecule has 21 heavy (non-hydrogen) atoms. The van der Waals surface area contributed by atoms with Crippen LogP contribution in [-0.4, -0.2) is 42.3 Å². The van der Waals surface area contributed by atoms with Crippen LogP contribution in [0.4, 0.5) is 4.39 Å². The van der Waals surface area contributed by atoms with Gasteiger partial charge in [0.25, 0.3) is 0 Å². The fourth-order valence-corrected chi connectivity index (χ4v) is 2.95. The Bertz CT molecular complexity index is 492. The predicted molar refractivity (Wildman–Crippen MR) is 77.1 cm³/mol. The second-order valence-electron chi connectivity index (χ2n) is 5.59. The number of nitrogens with zero attached hydrogens (tertiary/aromatic N) is 1. The number of carbonyl (C=O) groups excluding carboxylic acids is 1. The summed E-state index contributed by atoms with van der Waals surface area (Å²) in [5, 5.41) is 9.78. The molecule has 0 aliphatic carbocycles. The average Bonchev–Trinajstić information content (AvgIpc) is 2.49. The monoisotopic (exact) mass is 295 g/mol. The molecule has 1 fully saturated rings. The summed E-state index contributed by atoms with van der Waals surface area (Å²) in [7, 11) is 1.31. The first-order valence-electron chi connectivity index (χ1n) is 7.29. The van der Waals surface area contributed by atoms with Crippen LogP contribution in [0.2, 0.25) is 0 Å². The minimum Gasteiger partial charge on any atom is -0.468 e. The number of piperidine rings is 1. The Balaban J connectivity index is 2.28. The van der Waals surface area contributed by atoms with Crippen molar-refractivity contribution in [1.29, 1.82) is 0 Å². The van der Waals surface area contributed by atoms with E-state index < -0.39 is 23.9 Å². The van der Waals surface area contributed by atoms with Crippen LogP contribution >= 0.6 is 0 Å². The topological polar surface area (TPSA) is 49.8 Å². The lowest BCUT2D eigenvalue weighted by atomic mass is 9.91. The highest BCUT2D eigenvalue weighted by molar-refractivity contribution is 5.77. The highest BCUT2D eigenvalue weighted by Gasteiger charge is 2.35. The maximum absolute atomic E-state index is 14.1. The molecule has 0 saturated carbocycles. The van der Waals surface area contributed by atoms with Crippen LogP contribution < -0.4 is 0 Å². The Kier molecular flexibility index (Phi) is 5.31. The lowest BCUT2D eigenvalue weighted by Crippen LogP contribution is -2.44. The SMILES string of the molecule is COC(=O)C(c1ccccc1F)N1CCCC(C(C)O)C1. The molecule has 0 spiro atoms. The molecule has 1 aromatic carbocycles. The highest BCUT2D eigenvalue weighted by atomic mass is 19.1. The zero-order chi connectivity index (χ0) is 15.4. The Morgan fingerprint density at radius 1 is 1.48 bits per heavy atom. The lowest BCUT2D eigenvalue weighted by Gasteiger charge is -2.38. The van der Waals surface area contributed by atoms with Gasteiger partial charge in [0.15, 0.2) is 0 Å². The van der Waals surface area contributed by atoms with Gasteiger partial charge in [-0.2, -0.15) is 0 Å². The molecule has 2 rings (SSSR count). The Labute approximate surface area is 124 Å². The van der Waals surface area contributed by atoms with Crippen LogP contribution in [0.25, 0.3) is 0 Å². The summed E-state index contributed by atoms with van der Waals surface area (Å²) in [6.07, 6.45) is 1.35. The Hall–Kier alpha value is -1.46. The van der Waals surface area contributed by atoms with E-state index in [-0.39, 0.29) is 5.92 Å². The molecule has 1 aliphatic heterocycles. The number of hydrogen-bond donors (Lipinski definition) is 1. The fourth-order valence-electron chi connectivity index (χ4n) is 2.95. The second-order valence-corrected chi connectivity index (χ2v) is 5.59. The molecule has 116 valence electrons. The predicted octanol–water partition coefficient (Wildman–Crippen LogP) is 2.13. The van der Waals surface area contributed by atoms with Crippen molar-refractivity contribution < 1.29 is 19.0 Å². The van der Waals surface area contributed by atoms with Crippen molar-refractivity contribution in [2.45, 2.75) is 31.9 Å². The number of benzene rings is 1. The van der Waals surface area contributed by atoms with Crippen molar-refractivity contribution in [2.75, 3.05) is 20.2 Å². The zero-order valence-electron chi connectivity index (χ0n) is 12.5. The third-order valence-corrected chi connectivity index (χ3v) is 4.16. The van der Waals surface area contributed by atoms with Crippen LogP contribution in [-0.2, 0) is 9.53 Å². The van der Waals surface area contributed by atoms with E-state index in [0.29, 0.717) is 18.7 Å². The normalized spacial score (nSPS) is 22.6. The van der Waals surface area contributed by atoms with Gasteiger partial charge in [-0.1, -0.05) is 18.2 Å². The van der Waals surface area contributed by atoms with Crippen LogP contribution in [0.3, 0.4) is 0 Å². The summed E-state index contributed by atoms with van der Waals surface area (Å²) < 4.78 is 18.9. The molecule has 3 atom stereocenters. The van der Waals surface area contributed by atoms with Crippen LogP contribution in [0.15, 0.2) is 24.3 Å². The number of methoxy groups -OCH3 is 1. The molecule has 0 amide bonds. The minimum absolute atomic E-state index is 0.0951. The van der Waals surface area contributed by atoms with Crippen molar-refractivity contribution in [3.05, 3.63) is 35.6 Å². The van der Waals surface area contributed by atoms with E-state index in [4.69, 9.17) is 4.74 Å². The van der Waals surface area contributed by atoms with E-state index in [1.807, 2.05) is 4.90 Å². The van der Waals surface area contributed by atoms with Crippen molar-refractivity contribution in [3.63, 3.8) is 0 Å². The molecule has 0 bridgehead atoms. The summed E-state index contributed by atoms with van der Waals surface area (Å²) in [4.78, 5) is 14.1. The van der Waals surface area contributed by atoms with Crippen molar-refractivity contribution in [1.82, 2.24) is 4.90 Å². The van der Waals surface area contributed by atoms with E-state index in [0.717, 1.165) is 12.8 Å². The van der Waals surface area contributed by atoms with Crippen molar-refractivity contribution >= 4 is 5.97 Å². The second kappa shape index (κ2) is 7.00.